The van der Waals surface area contributed by atoms with Crippen LogP contribution in [0.2, 0.25) is 0 Å². The third kappa shape index (κ3) is 4.09. The molecular formula is C17H19BrN2O3. The van der Waals surface area contributed by atoms with Gasteiger partial charge in [0.1, 0.15) is 11.4 Å². The van der Waals surface area contributed by atoms with E-state index in [4.69, 9.17) is 9.47 Å². The molecule has 23 heavy (non-hydrogen) atoms. The van der Waals surface area contributed by atoms with Crippen LogP contribution in [-0.4, -0.2) is 29.8 Å². The van der Waals surface area contributed by atoms with Crippen molar-refractivity contribution in [1.82, 2.24) is 9.78 Å². The molecule has 122 valence electrons. The van der Waals surface area contributed by atoms with Crippen molar-refractivity contribution < 1.29 is 14.3 Å². The molecule has 0 saturated heterocycles. The molecule has 0 aliphatic carbocycles. The van der Waals surface area contributed by atoms with Gasteiger partial charge in [-0.1, -0.05) is 12.1 Å². The largest absolute Gasteiger partial charge is 0.496 e. The second-order valence-electron chi connectivity index (χ2n) is 4.86. The lowest BCUT2D eigenvalue weighted by atomic mass is 10.1. The van der Waals surface area contributed by atoms with Gasteiger partial charge in [-0.05, 0) is 46.6 Å². The van der Waals surface area contributed by atoms with Crippen LogP contribution in [-0.2, 0) is 17.9 Å². The molecule has 0 N–H and O–H groups in total. The van der Waals surface area contributed by atoms with E-state index < -0.39 is 0 Å². The summed E-state index contributed by atoms with van der Waals surface area (Å²) in [6.45, 7) is 3.04. The predicted octanol–water partition coefficient (Wildman–Crippen LogP) is 3.72. The van der Waals surface area contributed by atoms with E-state index in [1.54, 1.807) is 37.3 Å². The summed E-state index contributed by atoms with van der Waals surface area (Å²) in [5.74, 6) is 0.669. The van der Waals surface area contributed by atoms with Gasteiger partial charge in [0.15, 0.2) is 0 Å². The number of allylic oxidation sites excluding steroid dienone is 1. The Bertz CT molecular complexity index is 723. The highest BCUT2D eigenvalue weighted by Crippen LogP contribution is 2.22. The van der Waals surface area contributed by atoms with E-state index in [2.05, 4.69) is 21.0 Å². The Labute approximate surface area is 144 Å². The quantitative estimate of drug-likeness (QED) is 0.544. The van der Waals surface area contributed by atoms with Crippen LogP contribution >= 0.6 is 15.9 Å². The molecule has 0 aliphatic heterocycles. The zero-order valence-electron chi connectivity index (χ0n) is 13.4. The van der Waals surface area contributed by atoms with Crippen LogP contribution in [0.1, 0.15) is 28.5 Å². The Morgan fingerprint density at radius 2 is 2.17 bits per heavy atom. The molecular weight excluding hydrogens is 360 g/mol. The van der Waals surface area contributed by atoms with Crippen molar-refractivity contribution in [2.24, 2.45) is 0 Å². The first-order valence-corrected chi connectivity index (χ1v) is 7.99. The summed E-state index contributed by atoms with van der Waals surface area (Å²) >= 11 is 3.36. The minimum atomic E-state index is -0.0969. The van der Waals surface area contributed by atoms with Crippen molar-refractivity contribution in [1.29, 1.82) is 0 Å². The highest BCUT2D eigenvalue weighted by Gasteiger charge is 2.13. The molecule has 0 unspecified atom stereocenters. The smallest absolute Gasteiger partial charge is 0.205 e. The molecule has 0 saturated carbocycles. The molecule has 1 aromatic carbocycles. The fourth-order valence-corrected chi connectivity index (χ4v) is 2.76. The van der Waals surface area contributed by atoms with Crippen molar-refractivity contribution in [3.8, 4) is 5.75 Å². The maximum Gasteiger partial charge on any atom is 0.205 e. The molecule has 0 aliphatic rings. The van der Waals surface area contributed by atoms with Crippen LogP contribution in [0.5, 0.6) is 5.75 Å². The fourth-order valence-electron chi connectivity index (χ4n) is 2.27. The number of carbonyl (C=O) groups is 1. The number of ether oxygens (including phenoxy) is 2. The highest BCUT2D eigenvalue weighted by molar-refractivity contribution is 9.10. The first-order chi connectivity index (χ1) is 11.1. The zero-order valence-corrected chi connectivity index (χ0v) is 15.0. The molecule has 0 atom stereocenters. The third-order valence-electron chi connectivity index (χ3n) is 3.36. The Balaban J connectivity index is 2.24. The molecule has 1 heterocycles. The van der Waals surface area contributed by atoms with E-state index in [1.807, 2.05) is 25.1 Å². The summed E-state index contributed by atoms with van der Waals surface area (Å²) in [6, 6.07) is 5.71. The minimum Gasteiger partial charge on any atom is -0.496 e. The number of aryl methyl sites for hydroxylation is 1. The van der Waals surface area contributed by atoms with Gasteiger partial charge in [0.05, 0.1) is 24.4 Å². The number of hydrogen-bond donors (Lipinski definition) is 0. The van der Waals surface area contributed by atoms with E-state index >= 15 is 0 Å². The molecule has 0 spiro atoms. The van der Waals surface area contributed by atoms with Gasteiger partial charge in [0.2, 0.25) is 5.78 Å². The molecule has 6 heteroatoms. The molecule has 2 rings (SSSR count). The summed E-state index contributed by atoms with van der Waals surface area (Å²) in [6.07, 6.45) is 4.96. The first-order valence-electron chi connectivity index (χ1n) is 7.20. The van der Waals surface area contributed by atoms with Crippen LogP contribution in [0.15, 0.2) is 34.9 Å². The van der Waals surface area contributed by atoms with Crippen LogP contribution in [0.3, 0.4) is 0 Å². The zero-order chi connectivity index (χ0) is 16.8. The topological polar surface area (TPSA) is 53.4 Å². The molecule has 5 nitrogen and oxygen atoms in total. The van der Waals surface area contributed by atoms with Gasteiger partial charge in [-0.15, -0.1) is 0 Å². The van der Waals surface area contributed by atoms with Gasteiger partial charge in [-0.2, -0.15) is 5.10 Å². The van der Waals surface area contributed by atoms with E-state index in [0.717, 1.165) is 16.9 Å². The van der Waals surface area contributed by atoms with Crippen LogP contribution in [0.4, 0.5) is 0 Å². The van der Waals surface area contributed by atoms with Crippen molar-refractivity contribution >= 4 is 27.8 Å². The Morgan fingerprint density at radius 1 is 1.39 bits per heavy atom. The number of carbonyl (C=O) groups excluding carboxylic acids is 1. The molecule has 2 aromatic rings. The molecule has 1 aromatic heterocycles. The lowest BCUT2D eigenvalue weighted by molar-refractivity contribution is 0.103. The maximum absolute atomic E-state index is 12.4. The van der Waals surface area contributed by atoms with Crippen LogP contribution in [0, 0.1) is 0 Å². The van der Waals surface area contributed by atoms with Gasteiger partial charge >= 0.3 is 0 Å². The normalized spacial score (nSPS) is 11.1. The predicted molar refractivity (Wildman–Crippen MR) is 92.7 cm³/mol. The highest BCUT2D eigenvalue weighted by atomic mass is 79.9. The van der Waals surface area contributed by atoms with Crippen molar-refractivity contribution in [2.45, 2.75) is 20.1 Å². The van der Waals surface area contributed by atoms with Crippen LogP contribution < -0.4 is 4.74 Å². The van der Waals surface area contributed by atoms with E-state index in [9.17, 15) is 4.79 Å². The lowest BCUT2D eigenvalue weighted by Gasteiger charge is -2.08. The van der Waals surface area contributed by atoms with Crippen LogP contribution in [0.25, 0.3) is 6.08 Å². The number of rotatable bonds is 7. The average molecular weight is 379 g/mol. The third-order valence-corrected chi connectivity index (χ3v) is 3.94. The molecule has 0 bridgehead atoms. The first kappa shape index (κ1) is 17.4. The molecule has 0 amide bonds. The SMILES string of the molecule is CCn1ncc(Br)c1C(=O)/C=C/c1ccc(OC)c(COC)c1. The summed E-state index contributed by atoms with van der Waals surface area (Å²) in [5, 5.41) is 4.15. The average Bonchev–Trinajstić information content (AvgIpc) is 2.94. The van der Waals surface area contributed by atoms with E-state index in [1.165, 1.54) is 0 Å². The molecule has 0 fully saturated rings. The number of nitrogens with zero attached hydrogens (tertiary/aromatic N) is 2. The number of methoxy groups -OCH3 is 2. The number of aromatic nitrogens is 2. The number of benzene rings is 1. The number of halogens is 1. The maximum atomic E-state index is 12.4. The number of ketones is 1. The van der Waals surface area contributed by atoms with Gasteiger partial charge in [-0.3, -0.25) is 9.48 Å². The second-order valence-corrected chi connectivity index (χ2v) is 5.71. The summed E-state index contributed by atoms with van der Waals surface area (Å²) in [7, 11) is 3.26. The Kier molecular flexibility index (Phi) is 6.12. The molecule has 0 radical (unpaired) electrons. The van der Waals surface area contributed by atoms with Crippen molar-refractivity contribution in [3.63, 3.8) is 0 Å². The second kappa shape index (κ2) is 8.08. The fraction of sp³-hybridized carbons (Fsp3) is 0.294. The van der Waals surface area contributed by atoms with Gasteiger partial charge in [-0.25, -0.2) is 0 Å². The van der Waals surface area contributed by atoms with Gasteiger partial charge in [0.25, 0.3) is 0 Å². The summed E-state index contributed by atoms with van der Waals surface area (Å²) in [5.41, 5.74) is 2.39. The van der Waals surface area contributed by atoms with Gasteiger partial charge < -0.3 is 9.47 Å². The monoisotopic (exact) mass is 378 g/mol. The minimum absolute atomic E-state index is 0.0969. The van der Waals surface area contributed by atoms with Gasteiger partial charge in [0, 0.05) is 19.2 Å². The summed E-state index contributed by atoms with van der Waals surface area (Å²) in [4.78, 5) is 12.4. The van der Waals surface area contributed by atoms with E-state index in [0.29, 0.717) is 23.3 Å². The summed E-state index contributed by atoms with van der Waals surface area (Å²) < 4.78 is 12.8. The Morgan fingerprint density at radius 3 is 2.83 bits per heavy atom. The van der Waals surface area contributed by atoms with Crippen molar-refractivity contribution in [3.05, 3.63) is 51.8 Å². The standard InChI is InChI=1S/C17H19BrN2O3/c1-4-20-17(14(18)10-19-20)15(21)7-5-12-6-8-16(23-3)13(9-12)11-22-2/h5-10H,4,11H2,1-3H3/b7-5+. The van der Waals surface area contributed by atoms with Crippen molar-refractivity contribution in [2.75, 3.05) is 14.2 Å². The number of hydrogen-bond acceptors (Lipinski definition) is 4. The lowest BCUT2D eigenvalue weighted by Crippen LogP contribution is -2.07. The van der Waals surface area contributed by atoms with E-state index in [-0.39, 0.29) is 5.78 Å². The Hall–Kier alpha value is -1.92.